The molecular weight excluding hydrogens is 352 g/mol. The van der Waals surface area contributed by atoms with E-state index >= 15 is 0 Å². The number of methoxy groups -OCH3 is 1. The minimum absolute atomic E-state index is 0.102. The second-order valence-electron chi connectivity index (χ2n) is 7.15. The van der Waals surface area contributed by atoms with E-state index in [-0.39, 0.29) is 5.41 Å². The smallest absolute Gasteiger partial charge is 0.162 e. The summed E-state index contributed by atoms with van der Waals surface area (Å²) in [7, 11) is 1.76. The highest BCUT2D eigenvalue weighted by molar-refractivity contribution is 9.10. The van der Waals surface area contributed by atoms with Gasteiger partial charge < -0.3 is 4.74 Å². The van der Waals surface area contributed by atoms with Crippen molar-refractivity contribution in [1.82, 2.24) is 9.97 Å². The Morgan fingerprint density at radius 2 is 2.00 bits per heavy atom. The van der Waals surface area contributed by atoms with Crippen LogP contribution in [0.25, 0.3) is 0 Å². The van der Waals surface area contributed by atoms with E-state index < -0.39 is 5.60 Å². The van der Waals surface area contributed by atoms with Gasteiger partial charge in [0.1, 0.15) is 10.8 Å². The molecule has 0 bridgehead atoms. The Labute approximate surface area is 141 Å². The van der Waals surface area contributed by atoms with Gasteiger partial charge in [0.15, 0.2) is 5.82 Å². The van der Waals surface area contributed by atoms with E-state index in [0.29, 0.717) is 11.1 Å². The van der Waals surface area contributed by atoms with Crippen molar-refractivity contribution < 1.29 is 4.74 Å². The molecule has 1 aliphatic rings. The average Bonchev–Trinajstić information content (AvgIpc) is 2.40. The second-order valence-corrected chi connectivity index (χ2v) is 8.30. The van der Waals surface area contributed by atoms with Crippen molar-refractivity contribution in [1.29, 1.82) is 0 Å². The number of hydrogen-bond donors (Lipinski definition) is 0. The fraction of sp³-hybridized carbons (Fsp3) is 0.750. The fourth-order valence-electron chi connectivity index (χ4n) is 3.10. The third-order valence-corrected chi connectivity index (χ3v) is 5.53. The number of nitrogens with zero attached hydrogens (tertiary/aromatic N) is 2. The third-order valence-electron chi connectivity index (χ3n) is 4.28. The molecule has 2 rings (SSSR count). The zero-order valence-electron chi connectivity index (χ0n) is 13.5. The van der Waals surface area contributed by atoms with E-state index in [9.17, 15) is 0 Å². The van der Waals surface area contributed by atoms with Crippen molar-refractivity contribution in [3.63, 3.8) is 0 Å². The molecule has 1 saturated carbocycles. The molecule has 0 amide bonds. The molecule has 0 radical (unpaired) electrons. The van der Waals surface area contributed by atoms with E-state index in [1.165, 1.54) is 6.42 Å². The number of halogens is 2. The zero-order chi connectivity index (χ0) is 15.8. The van der Waals surface area contributed by atoms with Gasteiger partial charge in [-0.05, 0) is 41.1 Å². The lowest BCUT2D eigenvalue weighted by molar-refractivity contribution is -0.0648. The van der Waals surface area contributed by atoms with E-state index in [2.05, 4.69) is 48.6 Å². The van der Waals surface area contributed by atoms with Crippen LogP contribution >= 0.6 is 27.5 Å². The Morgan fingerprint density at radius 3 is 2.52 bits per heavy atom. The molecule has 5 heteroatoms. The molecule has 0 N–H and O–H groups in total. The molecule has 0 saturated heterocycles. The molecule has 1 aliphatic carbocycles. The SMILES string of the molecule is COC1(c2nc(Cl)c(Br)c(C(C)(C)C)n2)CCCC(C)C1. The summed E-state index contributed by atoms with van der Waals surface area (Å²) in [5.74, 6) is 1.34. The van der Waals surface area contributed by atoms with Gasteiger partial charge in [-0.3, -0.25) is 0 Å². The van der Waals surface area contributed by atoms with E-state index in [0.717, 1.165) is 35.3 Å². The van der Waals surface area contributed by atoms with Gasteiger partial charge in [-0.25, -0.2) is 9.97 Å². The largest absolute Gasteiger partial charge is 0.370 e. The normalized spacial score (nSPS) is 26.9. The Hall–Kier alpha value is -0.190. The summed E-state index contributed by atoms with van der Waals surface area (Å²) < 4.78 is 6.69. The van der Waals surface area contributed by atoms with Crippen molar-refractivity contribution >= 4 is 27.5 Å². The first-order valence-electron chi connectivity index (χ1n) is 7.49. The molecule has 0 aliphatic heterocycles. The molecule has 2 atom stereocenters. The lowest BCUT2D eigenvalue weighted by Gasteiger charge is -2.38. The number of rotatable bonds is 2. The highest BCUT2D eigenvalue weighted by atomic mass is 79.9. The van der Waals surface area contributed by atoms with Gasteiger partial charge in [-0.2, -0.15) is 0 Å². The summed E-state index contributed by atoms with van der Waals surface area (Å²) in [5, 5.41) is 0.472. The van der Waals surface area contributed by atoms with Crippen LogP contribution in [-0.2, 0) is 15.8 Å². The Kier molecular flexibility index (Phi) is 5.01. The first kappa shape index (κ1) is 17.2. The van der Waals surface area contributed by atoms with Crippen molar-refractivity contribution in [2.75, 3.05) is 7.11 Å². The summed E-state index contributed by atoms with van der Waals surface area (Å²) in [6, 6.07) is 0. The molecule has 1 aromatic heterocycles. The van der Waals surface area contributed by atoms with Gasteiger partial charge >= 0.3 is 0 Å². The van der Waals surface area contributed by atoms with Crippen LogP contribution in [0.4, 0.5) is 0 Å². The van der Waals surface area contributed by atoms with Gasteiger partial charge in [-0.15, -0.1) is 0 Å². The fourth-order valence-corrected chi connectivity index (χ4v) is 4.04. The van der Waals surface area contributed by atoms with Crippen LogP contribution in [0.3, 0.4) is 0 Å². The third kappa shape index (κ3) is 3.43. The molecule has 2 unspecified atom stereocenters. The molecule has 3 nitrogen and oxygen atoms in total. The molecule has 1 fully saturated rings. The molecule has 1 heterocycles. The van der Waals surface area contributed by atoms with E-state index in [4.69, 9.17) is 21.3 Å². The van der Waals surface area contributed by atoms with Crippen molar-refractivity contribution in [3.8, 4) is 0 Å². The minimum atomic E-state index is -0.401. The monoisotopic (exact) mass is 374 g/mol. The van der Waals surface area contributed by atoms with E-state index in [1.807, 2.05) is 0 Å². The van der Waals surface area contributed by atoms with Crippen LogP contribution in [0.2, 0.25) is 5.15 Å². The van der Waals surface area contributed by atoms with Crippen molar-refractivity contribution in [3.05, 3.63) is 21.1 Å². The molecular formula is C16H24BrClN2O. The Balaban J connectivity index is 2.55. The minimum Gasteiger partial charge on any atom is -0.370 e. The van der Waals surface area contributed by atoms with Gasteiger partial charge in [0.25, 0.3) is 0 Å². The van der Waals surface area contributed by atoms with Gasteiger partial charge in [0, 0.05) is 12.5 Å². The summed E-state index contributed by atoms with van der Waals surface area (Å²) in [6.45, 7) is 8.65. The summed E-state index contributed by atoms with van der Waals surface area (Å²) in [6.07, 6.45) is 4.28. The molecule has 0 spiro atoms. The molecule has 118 valence electrons. The number of hydrogen-bond acceptors (Lipinski definition) is 3. The number of aromatic nitrogens is 2. The van der Waals surface area contributed by atoms with Crippen LogP contribution in [0, 0.1) is 5.92 Å². The predicted molar refractivity (Wildman–Crippen MR) is 89.8 cm³/mol. The number of ether oxygens (including phenoxy) is 1. The van der Waals surface area contributed by atoms with Crippen LogP contribution < -0.4 is 0 Å². The van der Waals surface area contributed by atoms with E-state index in [1.54, 1.807) is 7.11 Å². The highest BCUT2D eigenvalue weighted by Gasteiger charge is 2.40. The van der Waals surface area contributed by atoms with Crippen LogP contribution in [0.1, 0.15) is 64.9 Å². The quantitative estimate of drug-likeness (QED) is 0.663. The van der Waals surface area contributed by atoms with Gasteiger partial charge in [0.2, 0.25) is 0 Å². The van der Waals surface area contributed by atoms with Crippen LogP contribution in [0.15, 0.2) is 4.47 Å². The predicted octanol–water partition coefficient (Wildman–Crippen LogP) is 5.24. The maximum absolute atomic E-state index is 6.35. The zero-order valence-corrected chi connectivity index (χ0v) is 15.8. The lowest BCUT2D eigenvalue weighted by Crippen LogP contribution is -2.37. The molecule has 21 heavy (non-hydrogen) atoms. The Morgan fingerprint density at radius 1 is 1.33 bits per heavy atom. The average molecular weight is 376 g/mol. The van der Waals surface area contributed by atoms with Gasteiger partial charge in [-0.1, -0.05) is 45.7 Å². The van der Waals surface area contributed by atoms with Crippen molar-refractivity contribution in [2.45, 2.75) is 64.4 Å². The maximum Gasteiger partial charge on any atom is 0.162 e. The van der Waals surface area contributed by atoms with Crippen molar-refractivity contribution in [2.24, 2.45) is 5.92 Å². The van der Waals surface area contributed by atoms with Crippen LogP contribution in [0.5, 0.6) is 0 Å². The second kappa shape index (κ2) is 6.13. The molecule has 1 aromatic rings. The lowest BCUT2D eigenvalue weighted by atomic mass is 9.78. The summed E-state index contributed by atoms with van der Waals surface area (Å²) in [4.78, 5) is 9.37. The summed E-state index contributed by atoms with van der Waals surface area (Å²) in [5.41, 5.74) is 0.435. The first-order chi connectivity index (χ1) is 9.69. The highest BCUT2D eigenvalue weighted by Crippen LogP contribution is 2.43. The first-order valence-corrected chi connectivity index (χ1v) is 8.66. The van der Waals surface area contributed by atoms with Crippen LogP contribution in [-0.4, -0.2) is 17.1 Å². The standard InChI is InChI=1S/C16H24BrClN2O/c1-10-7-6-8-16(9-10,21-5)14-19-12(15(2,3)4)11(17)13(18)20-14/h10H,6-9H2,1-5H3. The molecule has 0 aromatic carbocycles. The van der Waals surface area contributed by atoms with Gasteiger partial charge in [0.05, 0.1) is 10.2 Å². The topological polar surface area (TPSA) is 35.0 Å². The maximum atomic E-state index is 6.35. The summed E-state index contributed by atoms with van der Waals surface area (Å²) >= 11 is 9.87. The Bertz CT molecular complexity index is 530.